The normalized spacial score (nSPS) is 20.1. The van der Waals surface area contributed by atoms with Crippen LogP contribution in [-0.2, 0) is 0 Å². The monoisotopic (exact) mass is 398 g/mol. The summed E-state index contributed by atoms with van der Waals surface area (Å²) in [6.45, 7) is 23.0. The third-order valence-electron chi connectivity index (χ3n) is 4.57. The Kier molecular flexibility index (Phi) is 11.8. The lowest BCUT2D eigenvalue weighted by molar-refractivity contribution is 0.161. The van der Waals surface area contributed by atoms with Crippen LogP contribution in [0.3, 0.4) is 0 Å². The Morgan fingerprint density at radius 1 is 0.633 bits per heavy atom. The van der Waals surface area contributed by atoms with Crippen LogP contribution in [0.25, 0.3) is 0 Å². The van der Waals surface area contributed by atoms with E-state index in [0.29, 0.717) is 0 Å². The van der Waals surface area contributed by atoms with E-state index in [1.54, 1.807) is 36.5 Å². The van der Waals surface area contributed by atoms with Crippen molar-refractivity contribution in [1.29, 1.82) is 0 Å². The molecule has 0 aliphatic heterocycles. The second-order valence-corrected chi connectivity index (χ2v) is 6.56. The smallest absolute Gasteiger partial charge is 0.0544 e. The van der Waals surface area contributed by atoms with Crippen LogP contribution in [0.5, 0.6) is 0 Å². The summed E-state index contributed by atoms with van der Waals surface area (Å²) >= 11 is 0. The van der Waals surface area contributed by atoms with Crippen molar-refractivity contribution in [3.05, 3.63) is 148 Å². The predicted molar refractivity (Wildman–Crippen MR) is 135 cm³/mol. The predicted octanol–water partition coefficient (Wildman–Crippen LogP) is 6.85. The highest BCUT2D eigenvalue weighted by Gasteiger charge is 2.37. The van der Waals surface area contributed by atoms with Gasteiger partial charge >= 0.3 is 0 Å². The molecule has 2 atom stereocenters. The third-order valence-corrected chi connectivity index (χ3v) is 4.57. The second kappa shape index (κ2) is 14.5. The highest BCUT2D eigenvalue weighted by molar-refractivity contribution is 5.36. The molecule has 0 spiro atoms. The van der Waals surface area contributed by atoms with Gasteiger partial charge < -0.3 is 10.2 Å². The summed E-state index contributed by atoms with van der Waals surface area (Å²) in [7, 11) is 0. The molecule has 0 aromatic heterocycles. The number of nitrogens with zero attached hydrogens (tertiary/aromatic N) is 1. The zero-order valence-electron chi connectivity index (χ0n) is 17.9. The number of allylic oxidation sites excluding steroid dienone is 15. The van der Waals surface area contributed by atoms with Crippen molar-refractivity contribution in [2.45, 2.75) is 24.9 Å². The van der Waals surface area contributed by atoms with Crippen LogP contribution in [0.15, 0.2) is 148 Å². The Bertz CT molecular complexity index is 772. The van der Waals surface area contributed by atoms with Gasteiger partial charge in [0.2, 0.25) is 0 Å². The van der Waals surface area contributed by atoms with Crippen molar-refractivity contribution in [3.63, 3.8) is 0 Å². The maximum absolute atomic E-state index is 3.90. The van der Waals surface area contributed by atoms with Gasteiger partial charge in [-0.25, -0.2) is 0 Å². The van der Waals surface area contributed by atoms with Gasteiger partial charge in [0.15, 0.2) is 0 Å². The number of hydrogen-bond donors (Lipinski definition) is 1. The van der Waals surface area contributed by atoms with Gasteiger partial charge in [-0.15, -0.1) is 0 Å². The van der Waals surface area contributed by atoms with Crippen LogP contribution in [0.1, 0.15) is 12.8 Å². The van der Waals surface area contributed by atoms with Crippen LogP contribution < -0.4 is 5.32 Å². The highest BCUT2D eigenvalue weighted by atomic mass is 15.2. The fourth-order valence-electron chi connectivity index (χ4n) is 3.16. The number of rotatable bonds is 14. The van der Waals surface area contributed by atoms with Crippen molar-refractivity contribution in [2.24, 2.45) is 0 Å². The third kappa shape index (κ3) is 7.48. The van der Waals surface area contributed by atoms with Crippen LogP contribution in [0, 0.1) is 0 Å². The molecule has 1 aliphatic rings. The molecular weight excluding hydrogens is 364 g/mol. The van der Waals surface area contributed by atoms with E-state index < -0.39 is 0 Å². The maximum Gasteiger partial charge on any atom is 0.0544 e. The van der Waals surface area contributed by atoms with Crippen molar-refractivity contribution < 1.29 is 0 Å². The first-order valence-electron chi connectivity index (χ1n) is 10.1. The maximum atomic E-state index is 3.90. The van der Waals surface area contributed by atoms with Crippen molar-refractivity contribution in [3.8, 4) is 0 Å². The minimum Gasteiger partial charge on any atom is -0.380 e. The molecule has 1 saturated carbocycles. The van der Waals surface area contributed by atoms with E-state index in [0.717, 1.165) is 29.9 Å². The molecule has 1 rings (SSSR count). The average Bonchev–Trinajstić information content (AvgIpc) is 2.73. The number of nitrogens with one attached hydrogen (secondary N) is 1. The summed E-state index contributed by atoms with van der Waals surface area (Å²) < 4.78 is 0. The lowest BCUT2D eigenvalue weighted by Crippen LogP contribution is -2.55. The summed E-state index contributed by atoms with van der Waals surface area (Å²) in [6, 6.07) is 0.512. The molecule has 0 radical (unpaired) electrons. The van der Waals surface area contributed by atoms with E-state index in [1.807, 2.05) is 54.7 Å². The first-order valence-corrected chi connectivity index (χ1v) is 10.1. The van der Waals surface area contributed by atoms with Crippen molar-refractivity contribution >= 4 is 0 Å². The van der Waals surface area contributed by atoms with Crippen LogP contribution >= 0.6 is 0 Å². The standard InChI is InChI=1S/C28H34N2/c1-7-13-19-24(16-10-4)29-27-22-23-28(27)30(25(17-11-5)20-14-8-2)26(18-12-6)21-15-9-3/h7-21,27-29H,1-6,22-23H2/b19-13-,20-14-,21-15-,24-16+,25-17+,26-18+. The van der Waals surface area contributed by atoms with Crippen LogP contribution in [0.2, 0.25) is 0 Å². The molecule has 0 aromatic rings. The fraction of sp³-hybridized carbons (Fsp3) is 0.143. The van der Waals surface area contributed by atoms with Crippen LogP contribution in [0.4, 0.5) is 0 Å². The van der Waals surface area contributed by atoms with Crippen molar-refractivity contribution in [2.75, 3.05) is 0 Å². The van der Waals surface area contributed by atoms with Crippen LogP contribution in [-0.4, -0.2) is 17.0 Å². The van der Waals surface area contributed by atoms with Gasteiger partial charge in [0.05, 0.1) is 6.04 Å². The van der Waals surface area contributed by atoms with Gasteiger partial charge in [-0.05, 0) is 49.3 Å². The Labute approximate surface area is 183 Å². The van der Waals surface area contributed by atoms with Gasteiger partial charge in [-0.2, -0.15) is 0 Å². The molecule has 2 nitrogen and oxygen atoms in total. The fourth-order valence-corrected chi connectivity index (χ4v) is 3.16. The van der Waals surface area contributed by atoms with E-state index >= 15 is 0 Å². The van der Waals surface area contributed by atoms with E-state index in [4.69, 9.17) is 0 Å². The Balaban J connectivity index is 3.38. The Hall–Kier alpha value is -3.52. The molecule has 0 heterocycles. The molecule has 156 valence electrons. The lowest BCUT2D eigenvalue weighted by atomic mass is 9.83. The van der Waals surface area contributed by atoms with Crippen molar-refractivity contribution in [1.82, 2.24) is 10.2 Å². The zero-order valence-corrected chi connectivity index (χ0v) is 17.9. The molecule has 0 amide bonds. The summed E-state index contributed by atoms with van der Waals surface area (Å²) in [6.07, 6.45) is 30.7. The Morgan fingerprint density at radius 2 is 1.13 bits per heavy atom. The summed E-state index contributed by atoms with van der Waals surface area (Å²) in [5, 5.41) is 3.64. The quantitative estimate of drug-likeness (QED) is 0.322. The molecule has 1 aliphatic carbocycles. The van der Waals surface area contributed by atoms with Gasteiger partial charge in [-0.3, -0.25) is 0 Å². The van der Waals surface area contributed by atoms with E-state index in [9.17, 15) is 0 Å². The topological polar surface area (TPSA) is 15.3 Å². The first kappa shape index (κ1) is 24.5. The molecule has 1 N–H and O–H groups in total. The first-order chi connectivity index (χ1) is 14.7. The average molecular weight is 399 g/mol. The molecule has 2 heteroatoms. The van der Waals surface area contributed by atoms with E-state index in [-0.39, 0.29) is 12.1 Å². The molecule has 2 unspecified atom stereocenters. The van der Waals surface area contributed by atoms with E-state index in [2.05, 4.69) is 49.7 Å². The van der Waals surface area contributed by atoms with Gasteiger partial charge in [0.25, 0.3) is 0 Å². The van der Waals surface area contributed by atoms with Gasteiger partial charge in [0.1, 0.15) is 0 Å². The second-order valence-electron chi connectivity index (χ2n) is 6.56. The minimum atomic E-state index is 0.247. The molecule has 0 bridgehead atoms. The molecule has 0 aromatic carbocycles. The summed E-state index contributed by atoms with van der Waals surface area (Å²) in [5.74, 6) is 0. The Morgan fingerprint density at radius 3 is 1.53 bits per heavy atom. The summed E-state index contributed by atoms with van der Waals surface area (Å²) in [4.78, 5) is 2.31. The lowest BCUT2D eigenvalue weighted by Gasteiger charge is -2.47. The molecular formula is C28H34N2. The summed E-state index contributed by atoms with van der Waals surface area (Å²) in [5.41, 5.74) is 3.06. The zero-order chi connectivity index (χ0) is 22.2. The highest BCUT2D eigenvalue weighted by Crippen LogP contribution is 2.33. The molecule has 0 saturated heterocycles. The van der Waals surface area contributed by atoms with E-state index in [1.165, 1.54) is 0 Å². The molecule has 30 heavy (non-hydrogen) atoms. The SMILES string of the molecule is C=C/C=C\C(=C/C=C)NC1CCC1N(C(/C=C\C=C)=C/C=C)C(/C=C\C=C)=C/C=C. The van der Waals surface area contributed by atoms with Gasteiger partial charge in [0, 0.05) is 23.1 Å². The number of hydrogen-bond acceptors (Lipinski definition) is 2. The molecule has 1 fully saturated rings. The largest absolute Gasteiger partial charge is 0.380 e. The minimum absolute atomic E-state index is 0.247. The van der Waals surface area contributed by atoms with Gasteiger partial charge in [-0.1, -0.05) is 94.2 Å².